The Morgan fingerprint density at radius 1 is 0.963 bits per heavy atom. The van der Waals surface area contributed by atoms with Crippen molar-refractivity contribution in [1.29, 1.82) is 0 Å². The van der Waals surface area contributed by atoms with Crippen LogP contribution in [0.15, 0.2) is 52.9 Å². The molecule has 2 aromatic carbocycles. The van der Waals surface area contributed by atoms with Crippen molar-refractivity contribution in [2.75, 3.05) is 0 Å². The van der Waals surface area contributed by atoms with E-state index in [-0.39, 0.29) is 0 Å². The number of benzene rings is 2. The number of halogens is 1. The van der Waals surface area contributed by atoms with Gasteiger partial charge >= 0.3 is 0 Å². The molecular formula is C23H21ClN2O. The molecule has 27 heavy (non-hydrogen) atoms. The lowest BCUT2D eigenvalue weighted by molar-refractivity contribution is 0.525. The summed E-state index contributed by atoms with van der Waals surface area (Å²) in [6.45, 7) is 6.93. The number of hydrogen-bond donors (Lipinski definition) is 0. The number of hydrogen-bond acceptors (Lipinski definition) is 2. The zero-order valence-corrected chi connectivity index (χ0v) is 16.4. The Bertz CT molecular complexity index is 1130. The molecule has 0 aliphatic carbocycles. The van der Waals surface area contributed by atoms with Crippen LogP contribution in [0.5, 0.6) is 0 Å². The SMILES string of the molecule is Cc1ccc(C=Cc2nc3cc(C)c(C)cc3n2Cc2ccc(Cl)cc2)o1. The van der Waals surface area contributed by atoms with Crippen molar-refractivity contribution in [2.45, 2.75) is 27.3 Å². The fourth-order valence-corrected chi connectivity index (χ4v) is 3.29. The monoisotopic (exact) mass is 376 g/mol. The summed E-state index contributed by atoms with van der Waals surface area (Å²) < 4.78 is 7.88. The molecule has 3 nitrogen and oxygen atoms in total. The Morgan fingerprint density at radius 3 is 2.41 bits per heavy atom. The van der Waals surface area contributed by atoms with Crippen molar-refractivity contribution in [2.24, 2.45) is 0 Å². The van der Waals surface area contributed by atoms with Gasteiger partial charge in [-0.1, -0.05) is 23.7 Å². The van der Waals surface area contributed by atoms with Crippen LogP contribution < -0.4 is 0 Å². The van der Waals surface area contributed by atoms with Gasteiger partial charge in [-0.15, -0.1) is 0 Å². The highest BCUT2D eigenvalue weighted by atomic mass is 35.5. The van der Waals surface area contributed by atoms with Crippen molar-refractivity contribution in [3.63, 3.8) is 0 Å². The van der Waals surface area contributed by atoms with Crippen LogP contribution in [-0.4, -0.2) is 9.55 Å². The smallest absolute Gasteiger partial charge is 0.134 e. The van der Waals surface area contributed by atoms with E-state index in [4.69, 9.17) is 21.0 Å². The summed E-state index contributed by atoms with van der Waals surface area (Å²) in [6, 6.07) is 16.2. The highest BCUT2D eigenvalue weighted by Gasteiger charge is 2.11. The molecule has 0 aliphatic rings. The molecule has 0 atom stereocenters. The van der Waals surface area contributed by atoms with Crippen LogP contribution in [0.1, 0.15) is 34.0 Å². The zero-order valence-electron chi connectivity index (χ0n) is 15.7. The molecule has 0 saturated heterocycles. The molecule has 4 heteroatoms. The third-order valence-electron chi connectivity index (χ3n) is 4.80. The topological polar surface area (TPSA) is 31.0 Å². The second kappa shape index (κ2) is 7.09. The molecule has 0 radical (unpaired) electrons. The van der Waals surface area contributed by atoms with E-state index in [0.29, 0.717) is 0 Å². The van der Waals surface area contributed by atoms with Crippen molar-refractivity contribution < 1.29 is 4.42 Å². The quantitative estimate of drug-likeness (QED) is 0.411. The molecule has 0 saturated carbocycles. The van der Waals surface area contributed by atoms with Crippen LogP contribution in [-0.2, 0) is 6.54 Å². The fourth-order valence-electron chi connectivity index (χ4n) is 3.16. The maximum absolute atomic E-state index is 6.04. The highest BCUT2D eigenvalue weighted by Crippen LogP contribution is 2.24. The van der Waals surface area contributed by atoms with Crippen LogP contribution in [0, 0.1) is 20.8 Å². The van der Waals surface area contributed by atoms with Gasteiger partial charge in [0.15, 0.2) is 0 Å². The summed E-state index contributed by atoms with van der Waals surface area (Å²) in [5, 5.41) is 0.744. The normalized spacial score (nSPS) is 11.7. The van der Waals surface area contributed by atoms with Gasteiger partial charge in [-0.2, -0.15) is 0 Å². The highest BCUT2D eigenvalue weighted by molar-refractivity contribution is 6.30. The summed E-state index contributed by atoms with van der Waals surface area (Å²) in [4.78, 5) is 4.86. The minimum Gasteiger partial charge on any atom is -0.462 e. The molecule has 0 aliphatic heterocycles. The third kappa shape index (κ3) is 3.69. The van der Waals surface area contributed by atoms with Crippen molar-refractivity contribution in [3.8, 4) is 0 Å². The van der Waals surface area contributed by atoms with E-state index in [9.17, 15) is 0 Å². The summed E-state index contributed by atoms with van der Waals surface area (Å²) in [5.41, 5.74) is 5.82. The minimum atomic E-state index is 0.729. The van der Waals surface area contributed by atoms with Crippen LogP contribution in [0.2, 0.25) is 5.02 Å². The molecule has 4 rings (SSSR count). The second-order valence-electron chi connectivity index (χ2n) is 6.89. The molecule has 0 bridgehead atoms. The molecule has 0 unspecified atom stereocenters. The van der Waals surface area contributed by atoms with Crippen LogP contribution in [0.4, 0.5) is 0 Å². The lowest BCUT2D eigenvalue weighted by Gasteiger charge is -2.09. The summed E-state index contributed by atoms with van der Waals surface area (Å²) >= 11 is 6.04. The Kier molecular flexibility index (Phi) is 4.63. The summed E-state index contributed by atoms with van der Waals surface area (Å²) in [5.74, 6) is 2.62. The fraction of sp³-hybridized carbons (Fsp3) is 0.174. The van der Waals surface area contributed by atoms with Gasteiger partial charge in [-0.3, -0.25) is 0 Å². The van der Waals surface area contributed by atoms with Crippen LogP contribution in [0.3, 0.4) is 0 Å². The first-order chi connectivity index (χ1) is 13.0. The maximum atomic E-state index is 6.04. The number of furan rings is 1. The Hall–Kier alpha value is -2.78. The number of aryl methyl sites for hydroxylation is 3. The second-order valence-corrected chi connectivity index (χ2v) is 7.33. The first-order valence-corrected chi connectivity index (χ1v) is 9.34. The Morgan fingerprint density at radius 2 is 1.70 bits per heavy atom. The maximum Gasteiger partial charge on any atom is 0.134 e. The van der Waals surface area contributed by atoms with Crippen LogP contribution in [0.25, 0.3) is 23.2 Å². The van der Waals surface area contributed by atoms with Crippen LogP contribution >= 0.6 is 11.6 Å². The van der Waals surface area contributed by atoms with E-state index in [1.165, 1.54) is 16.7 Å². The van der Waals surface area contributed by atoms with E-state index < -0.39 is 0 Å². The van der Waals surface area contributed by atoms with Gasteiger partial charge in [-0.05, 0) is 86.0 Å². The largest absolute Gasteiger partial charge is 0.462 e. The molecule has 0 amide bonds. The first-order valence-electron chi connectivity index (χ1n) is 8.96. The predicted molar refractivity (Wildman–Crippen MR) is 112 cm³/mol. The average molecular weight is 377 g/mol. The predicted octanol–water partition coefficient (Wildman–Crippen LogP) is 6.43. The van der Waals surface area contributed by atoms with E-state index in [2.05, 4.69) is 42.7 Å². The lowest BCUT2D eigenvalue weighted by atomic mass is 10.1. The van der Waals surface area contributed by atoms with Gasteiger partial charge in [0.25, 0.3) is 0 Å². The van der Waals surface area contributed by atoms with Gasteiger partial charge in [0, 0.05) is 11.6 Å². The van der Waals surface area contributed by atoms with Crippen molar-refractivity contribution >= 4 is 34.8 Å². The number of fused-ring (bicyclic) bond motifs is 1. The minimum absolute atomic E-state index is 0.729. The summed E-state index contributed by atoms with van der Waals surface area (Å²) in [7, 11) is 0. The van der Waals surface area contributed by atoms with Gasteiger partial charge in [0.2, 0.25) is 0 Å². The molecular weight excluding hydrogens is 356 g/mol. The van der Waals surface area contributed by atoms with E-state index in [0.717, 1.165) is 39.9 Å². The van der Waals surface area contributed by atoms with E-state index in [1.54, 1.807) is 0 Å². The van der Waals surface area contributed by atoms with E-state index in [1.807, 2.05) is 43.3 Å². The molecule has 0 fully saturated rings. The lowest BCUT2D eigenvalue weighted by Crippen LogP contribution is -2.02. The molecule has 0 spiro atoms. The van der Waals surface area contributed by atoms with E-state index >= 15 is 0 Å². The van der Waals surface area contributed by atoms with Gasteiger partial charge in [0.05, 0.1) is 11.0 Å². The summed E-state index contributed by atoms with van der Waals surface area (Å²) in [6.07, 6.45) is 3.98. The Balaban J connectivity index is 1.80. The standard InChI is InChI=1S/C23H21ClN2O/c1-15-12-21-22(13-16(15)2)26(14-18-5-7-19(24)8-6-18)23(25-21)11-10-20-9-4-17(3)27-20/h4-13H,14H2,1-3H3. The molecule has 2 aromatic heterocycles. The Labute approximate surface area is 163 Å². The van der Waals surface area contributed by atoms with Gasteiger partial charge in [-0.25, -0.2) is 4.98 Å². The molecule has 4 aromatic rings. The number of aromatic nitrogens is 2. The number of nitrogens with zero attached hydrogens (tertiary/aromatic N) is 2. The average Bonchev–Trinajstić information content (AvgIpc) is 3.19. The van der Waals surface area contributed by atoms with Crippen molar-refractivity contribution in [3.05, 3.63) is 87.6 Å². The molecule has 0 N–H and O–H groups in total. The molecule has 136 valence electrons. The van der Waals surface area contributed by atoms with Gasteiger partial charge in [0.1, 0.15) is 17.3 Å². The van der Waals surface area contributed by atoms with Gasteiger partial charge < -0.3 is 8.98 Å². The first kappa shape index (κ1) is 17.6. The molecule has 2 heterocycles. The number of imidazole rings is 1. The zero-order chi connectivity index (χ0) is 19.0. The third-order valence-corrected chi connectivity index (χ3v) is 5.06. The number of rotatable bonds is 4. The van der Waals surface area contributed by atoms with Crippen molar-refractivity contribution in [1.82, 2.24) is 9.55 Å².